The van der Waals surface area contributed by atoms with Crippen LogP contribution in [0.2, 0.25) is 0 Å². The molecule has 0 atom stereocenters. The smallest absolute Gasteiger partial charge is 0.416 e. The minimum Gasteiger partial charge on any atom is -0.443 e. The molecule has 1 aliphatic rings. The van der Waals surface area contributed by atoms with Crippen LogP contribution >= 0.6 is 0 Å². The van der Waals surface area contributed by atoms with Crippen LogP contribution in [0.5, 0.6) is 0 Å². The summed E-state index contributed by atoms with van der Waals surface area (Å²) in [4.78, 5) is 34.6. The third-order valence-electron chi connectivity index (χ3n) is 6.28. The first-order valence-electron chi connectivity index (χ1n) is 13.5. The van der Waals surface area contributed by atoms with Crippen LogP contribution in [-0.4, -0.2) is 57.7 Å². The first kappa shape index (κ1) is 28.3. The summed E-state index contributed by atoms with van der Waals surface area (Å²) < 4.78 is 7.59. The molecule has 9 nitrogen and oxygen atoms in total. The topological polar surface area (TPSA) is 92.1 Å². The minimum absolute atomic E-state index is 0.208. The van der Waals surface area contributed by atoms with Crippen molar-refractivity contribution in [1.29, 1.82) is 0 Å². The molecule has 2 aromatic heterocycles. The second-order valence-electron chi connectivity index (χ2n) is 11.7. The molecule has 1 fully saturated rings. The summed E-state index contributed by atoms with van der Waals surface area (Å²) in [6.07, 6.45) is 6.87. The van der Waals surface area contributed by atoms with Gasteiger partial charge in [0.2, 0.25) is 5.91 Å². The standard InChI is InChI=1S/C30H40N6O3/c1-20(2)24-18-31-36-27(17-25(22-13-14-22)33-28(24)36)35(29(38)39-30(3,4)5)19-21-10-8-11-23(16-21)32-26(37)12-9-15-34(6)7/h8-12,16-18,20,22H,13-15,19H2,1-7H3,(H,32,37)/b12-9+. The van der Waals surface area contributed by atoms with Gasteiger partial charge in [-0.25, -0.2) is 9.78 Å². The highest BCUT2D eigenvalue weighted by molar-refractivity contribution is 5.99. The number of nitrogens with zero attached hydrogens (tertiary/aromatic N) is 5. The van der Waals surface area contributed by atoms with Gasteiger partial charge in [0.1, 0.15) is 11.4 Å². The average molecular weight is 533 g/mol. The van der Waals surface area contributed by atoms with E-state index in [4.69, 9.17) is 9.72 Å². The van der Waals surface area contributed by atoms with Crippen molar-refractivity contribution >= 4 is 29.2 Å². The third kappa shape index (κ3) is 7.44. The van der Waals surface area contributed by atoms with Crippen LogP contribution in [0.4, 0.5) is 16.3 Å². The van der Waals surface area contributed by atoms with E-state index in [9.17, 15) is 9.59 Å². The van der Waals surface area contributed by atoms with E-state index in [0.717, 1.165) is 35.3 Å². The van der Waals surface area contributed by atoms with Gasteiger partial charge in [-0.3, -0.25) is 9.69 Å². The van der Waals surface area contributed by atoms with E-state index in [1.165, 1.54) is 6.08 Å². The number of rotatable bonds is 9. The van der Waals surface area contributed by atoms with E-state index in [1.807, 2.05) is 82.4 Å². The molecule has 1 N–H and O–H groups in total. The second-order valence-corrected chi connectivity index (χ2v) is 11.7. The monoisotopic (exact) mass is 532 g/mol. The molecule has 0 radical (unpaired) electrons. The van der Waals surface area contributed by atoms with Crippen LogP contribution in [0.15, 0.2) is 48.7 Å². The van der Waals surface area contributed by atoms with E-state index in [2.05, 4.69) is 24.3 Å². The molecule has 4 rings (SSSR count). The van der Waals surface area contributed by atoms with E-state index < -0.39 is 11.7 Å². The van der Waals surface area contributed by atoms with Crippen molar-refractivity contribution in [2.75, 3.05) is 30.9 Å². The number of hydrogen-bond acceptors (Lipinski definition) is 6. The molecular formula is C30H40N6O3. The van der Waals surface area contributed by atoms with Crippen molar-refractivity contribution < 1.29 is 14.3 Å². The Bertz CT molecular complexity index is 1360. The Kier molecular flexibility index (Phi) is 8.39. The lowest BCUT2D eigenvalue weighted by molar-refractivity contribution is -0.111. The first-order valence-corrected chi connectivity index (χ1v) is 13.5. The normalized spacial score (nSPS) is 14.0. The third-order valence-corrected chi connectivity index (χ3v) is 6.28. The number of nitrogens with one attached hydrogen (secondary N) is 1. The van der Waals surface area contributed by atoms with Gasteiger partial charge in [0.05, 0.1) is 12.7 Å². The maximum atomic E-state index is 13.6. The summed E-state index contributed by atoms with van der Waals surface area (Å²) in [5, 5.41) is 7.54. The van der Waals surface area contributed by atoms with Crippen LogP contribution in [0.25, 0.3) is 5.65 Å². The number of anilines is 2. The van der Waals surface area contributed by atoms with Gasteiger partial charge in [0.15, 0.2) is 5.65 Å². The summed E-state index contributed by atoms with van der Waals surface area (Å²) in [5.74, 6) is 1.03. The fourth-order valence-corrected chi connectivity index (χ4v) is 4.21. The Morgan fingerprint density at radius 1 is 1.21 bits per heavy atom. The van der Waals surface area contributed by atoms with Gasteiger partial charge < -0.3 is 15.0 Å². The molecule has 208 valence electrons. The van der Waals surface area contributed by atoms with Gasteiger partial charge in [-0.05, 0) is 71.3 Å². The van der Waals surface area contributed by atoms with Crippen molar-refractivity contribution in [2.24, 2.45) is 0 Å². The number of amides is 2. The second kappa shape index (κ2) is 11.6. The van der Waals surface area contributed by atoms with Crippen LogP contribution in [0.3, 0.4) is 0 Å². The number of carbonyl (C=O) groups excluding carboxylic acids is 2. The Morgan fingerprint density at radius 3 is 2.59 bits per heavy atom. The molecule has 1 aliphatic carbocycles. The lowest BCUT2D eigenvalue weighted by Crippen LogP contribution is -2.37. The quantitative estimate of drug-likeness (QED) is 0.354. The highest BCUT2D eigenvalue weighted by Crippen LogP contribution is 2.41. The van der Waals surface area contributed by atoms with Gasteiger partial charge in [0.25, 0.3) is 0 Å². The lowest BCUT2D eigenvalue weighted by Gasteiger charge is -2.28. The maximum absolute atomic E-state index is 13.6. The molecular weight excluding hydrogens is 492 g/mol. The summed E-state index contributed by atoms with van der Waals surface area (Å²) in [7, 11) is 3.89. The number of hydrogen-bond donors (Lipinski definition) is 1. The fraction of sp³-hybridized carbons (Fsp3) is 0.467. The number of aromatic nitrogens is 3. The highest BCUT2D eigenvalue weighted by Gasteiger charge is 2.31. The lowest BCUT2D eigenvalue weighted by atomic mass is 10.1. The zero-order valence-electron chi connectivity index (χ0n) is 24.1. The van der Waals surface area contributed by atoms with Gasteiger partial charge in [-0.1, -0.05) is 32.1 Å². The van der Waals surface area contributed by atoms with Crippen molar-refractivity contribution in [3.8, 4) is 0 Å². The molecule has 2 amide bonds. The minimum atomic E-state index is -0.678. The molecule has 0 bridgehead atoms. The molecule has 0 aliphatic heterocycles. The van der Waals surface area contributed by atoms with Crippen LogP contribution in [0, 0.1) is 0 Å². The number of benzene rings is 1. The summed E-state index contributed by atoms with van der Waals surface area (Å²) in [6, 6.07) is 9.46. The molecule has 2 heterocycles. The molecule has 0 saturated heterocycles. The Hall–Kier alpha value is -3.72. The van der Waals surface area contributed by atoms with Gasteiger partial charge in [-0.2, -0.15) is 9.61 Å². The van der Waals surface area contributed by atoms with Crippen molar-refractivity contribution in [3.05, 3.63) is 65.5 Å². The van der Waals surface area contributed by atoms with E-state index in [0.29, 0.717) is 24.0 Å². The highest BCUT2D eigenvalue weighted by atomic mass is 16.6. The van der Waals surface area contributed by atoms with E-state index in [-0.39, 0.29) is 18.4 Å². The predicted octanol–water partition coefficient (Wildman–Crippen LogP) is 5.73. The maximum Gasteiger partial charge on any atom is 0.416 e. The molecule has 1 saturated carbocycles. The Labute approximate surface area is 230 Å². The number of likely N-dealkylation sites (N-methyl/N-ethyl adjacent to an activating group) is 1. The molecule has 9 heteroatoms. The fourth-order valence-electron chi connectivity index (χ4n) is 4.21. The summed E-state index contributed by atoms with van der Waals surface area (Å²) in [6.45, 7) is 10.7. The number of carbonyl (C=O) groups is 2. The van der Waals surface area contributed by atoms with Crippen molar-refractivity contribution in [1.82, 2.24) is 19.5 Å². The average Bonchev–Trinajstić information content (AvgIpc) is 3.59. The Morgan fingerprint density at radius 2 is 1.95 bits per heavy atom. The number of ether oxygens (including phenoxy) is 1. The Balaban J connectivity index is 1.70. The predicted molar refractivity (Wildman–Crippen MR) is 154 cm³/mol. The first-order chi connectivity index (χ1) is 18.4. The SMILES string of the molecule is CC(C)c1cnn2c(N(Cc3cccc(NC(=O)/C=C/CN(C)C)c3)C(=O)OC(C)(C)C)cc(C3CC3)nc12. The largest absolute Gasteiger partial charge is 0.443 e. The van der Waals surface area contributed by atoms with E-state index in [1.54, 1.807) is 9.42 Å². The van der Waals surface area contributed by atoms with Crippen LogP contribution in [0.1, 0.15) is 76.1 Å². The zero-order valence-corrected chi connectivity index (χ0v) is 24.1. The summed E-state index contributed by atoms with van der Waals surface area (Å²) >= 11 is 0. The molecule has 3 aromatic rings. The molecule has 0 unspecified atom stereocenters. The zero-order chi connectivity index (χ0) is 28.3. The molecule has 0 spiro atoms. The summed E-state index contributed by atoms with van der Waals surface area (Å²) in [5.41, 5.74) is 3.58. The van der Waals surface area contributed by atoms with Gasteiger partial charge in [-0.15, -0.1) is 0 Å². The van der Waals surface area contributed by atoms with Crippen LogP contribution < -0.4 is 10.2 Å². The van der Waals surface area contributed by atoms with Gasteiger partial charge in [0, 0.05) is 41.5 Å². The molecule has 39 heavy (non-hydrogen) atoms. The number of fused-ring (bicyclic) bond motifs is 1. The molecule has 1 aromatic carbocycles. The van der Waals surface area contributed by atoms with Crippen molar-refractivity contribution in [3.63, 3.8) is 0 Å². The van der Waals surface area contributed by atoms with Crippen LogP contribution in [-0.2, 0) is 16.1 Å². The van der Waals surface area contributed by atoms with E-state index >= 15 is 0 Å². The van der Waals surface area contributed by atoms with Crippen molar-refractivity contribution in [2.45, 2.75) is 71.4 Å². The van der Waals surface area contributed by atoms with Gasteiger partial charge >= 0.3 is 6.09 Å².